The molecule has 0 N–H and O–H groups in total. The minimum absolute atomic E-state index is 0.190. The second-order valence-electron chi connectivity index (χ2n) is 2.10. The smallest absolute Gasteiger partial charge is 0.313 e. The summed E-state index contributed by atoms with van der Waals surface area (Å²) in [6, 6.07) is 0. The van der Waals surface area contributed by atoms with Crippen LogP contribution in [-0.4, -0.2) is 18.9 Å². The summed E-state index contributed by atoms with van der Waals surface area (Å²) in [6.07, 6.45) is 6.25. The first-order chi connectivity index (χ1) is 5.70. The molecule has 0 aromatic rings. The fourth-order valence-corrected chi connectivity index (χ4v) is 0.547. The Morgan fingerprint density at radius 2 is 2.00 bits per heavy atom. The first-order valence-corrected chi connectivity index (χ1v) is 3.59. The summed E-state index contributed by atoms with van der Waals surface area (Å²) in [4.78, 5) is 21.4. The number of allylic oxidation sites excluding steroid dienone is 4. The largest absolute Gasteiger partial charge is 0.469 e. The summed E-state index contributed by atoms with van der Waals surface area (Å²) in [6.45, 7) is 1.84. The molecule has 0 aromatic heterocycles. The number of carbonyl (C=O) groups is 2. The SMILES string of the molecule is CC=CC=CC(=O)CC(=O)OC. The molecular formula is C9H12O3. The van der Waals surface area contributed by atoms with Crippen LogP contribution in [0.2, 0.25) is 0 Å². The predicted molar refractivity (Wildman–Crippen MR) is 45.6 cm³/mol. The summed E-state index contributed by atoms with van der Waals surface area (Å²) in [5.74, 6) is -0.759. The van der Waals surface area contributed by atoms with E-state index in [1.165, 1.54) is 13.2 Å². The molecular weight excluding hydrogens is 156 g/mol. The van der Waals surface area contributed by atoms with Gasteiger partial charge in [-0.05, 0) is 13.0 Å². The van der Waals surface area contributed by atoms with Crippen molar-refractivity contribution >= 4 is 11.8 Å². The highest BCUT2D eigenvalue weighted by atomic mass is 16.5. The van der Waals surface area contributed by atoms with Gasteiger partial charge in [0.1, 0.15) is 6.42 Å². The maximum atomic E-state index is 10.9. The molecule has 3 nitrogen and oxygen atoms in total. The van der Waals surface area contributed by atoms with Gasteiger partial charge in [0.15, 0.2) is 5.78 Å². The van der Waals surface area contributed by atoms with Crippen LogP contribution < -0.4 is 0 Å². The van der Waals surface area contributed by atoms with Gasteiger partial charge in [-0.1, -0.05) is 18.2 Å². The molecule has 0 aliphatic heterocycles. The van der Waals surface area contributed by atoms with Gasteiger partial charge in [0, 0.05) is 0 Å². The fourth-order valence-electron chi connectivity index (χ4n) is 0.547. The molecule has 0 aliphatic rings. The first kappa shape index (κ1) is 10.6. The molecule has 3 heteroatoms. The zero-order valence-electron chi connectivity index (χ0n) is 7.24. The molecule has 0 heterocycles. The first-order valence-electron chi connectivity index (χ1n) is 3.59. The Morgan fingerprint density at radius 3 is 2.50 bits per heavy atom. The Balaban J connectivity index is 3.81. The highest BCUT2D eigenvalue weighted by Gasteiger charge is 2.04. The van der Waals surface area contributed by atoms with Crippen LogP contribution in [0.25, 0.3) is 0 Å². The average molecular weight is 168 g/mol. The van der Waals surface area contributed by atoms with Crippen LogP contribution in [0.1, 0.15) is 13.3 Å². The van der Waals surface area contributed by atoms with Crippen LogP contribution in [0.4, 0.5) is 0 Å². The lowest BCUT2D eigenvalue weighted by Crippen LogP contribution is -2.06. The lowest BCUT2D eigenvalue weighted by molar-refractivity contribution is -0.142. The molecule has 0 atom stereocenters. The van der Waals surface area contributed by atoms with Crippen molar-refractivity contribution in [3.05, 3.63) is 24.3 Å². The number of hydrogen-bond acceptors (Lipinski definition) is 3. The molecule has 0 fully saturated rings. The summed E-state index contributed by atoms with van der Waals surface area (Å²) < 4.78 is 4.32. The van der Waals surface area contributed by atoms with Crippen molar-refractivity contribution in [2.24, 2.45) is 0 Å². The fraction of sp³-hybridized carbons (Fsp3) is 0.333. The van der Waals surface area contributed by atoms with Gasteiger partial charge < -0.3 is 4.74 Å². The highest BCUT2D eigenvalue weighted by molar-refractivity contribution is 6.01. The number of hydrogen-bond donors (Lipinski definition) is 0. The summed E-state index contributed by atoms with van der Waals surface area (Å²) in [7, 11) is 1.26. The molecule has 0 rings (SSSR count). The number of methoxy groups -OCH3 is 1. The zero-order valence-corrected chi connectivity index (χ0v) is 7.24. The zero-order chi connectivity index (χ0) is 9.40. The Morgan fingerprint density at radius 1 is 1.33 bits per heavy atom. The van der Waals surface area contributed by atoms with E-state index in [-0.39, 0.29) is 12.2 Å². The van der Waals surface area contributed by atoms with E-state index >= 15 is 0 Å². The Bertz CT molecular complexity index is 214. The van der Waals surface area contributed by atoms with E-state index in [0.29, 0.717) is 0 Å². The second kappa shape index (κ2) is 6.34. The molecule has 0 saturated heterocycles. The van der Waals surface area contributed by atoms with Gasteiger partial charge in [0.05, 0.1) is 7.11 Å². The molecule has 0 saturated carbocycles. The second-order valence-corrected chi connectivity index (χ2v) is 2.10. The molecule has 0 radical (unpaired) electrons. The molecule has 0 aromatic carbocycles. The van der Waals surface area contributed by atoms with E-state index < -0.39 is 5.97 Å². The average Bonchev–Trinajstić information content (AvgIpc) is 2.05. The number of ether oxygens (including phenoxy) is 1. The van der Waals surface area contributed by atoms with Gasteiger partial charge in [0.25, 0.3) is 0 Å². The van der Waals surface area contributed by atoms with E-state index in [0.717, 1.165) is 0 Å². The monoisotopic (exact) mass is 168 g/mol. The minimum atomic E-state index is -0.509. The van der Waals surface area contributed by atoms with Crippen molar-refractivity contribution in [1.29, 1.82) is 0 Å². The molecule has 0 spiro atoms. The topological polar surface area (TPSA) is 43.4 Å². The van der Waals surface area contributed by atoms with Crippen molar-refractivity contribution < 1.29 is 14.3 Å². The van der Waals surface area contributed by atoms with Crippen LogP contribution in [0.15, 0.2) is 24.3 Å². The number of carbonyl (C=O) groups excluding carboxylic acids is 2. The Labute approximate surface area is 71.7 Å². The Kier molecular flexibility index (Phi) is 5.61. The molecule has 12 heavy (non-hydrogen) atoms. The third kappa shape index (κ3) is 5.41. The summed E-state index contributed by atoms with van der Waals surface area (Å²) in [5.41, 5.74) is 0. The van der Waals surface area contributed by atoms with E-state index in [4.69, 9.17) is 0 Å². The molecule has 0 unspecified atom stereocenters. The maximum absolute atomic E-state index is 10.9. The van der Waals surface area contributed by atoms with Crippen LogP contribution in [0.5, 0.6) is 0 Å². The van der Waals surface area contributed by atoms with Crippen molar-refractivity contribution in [3.63, 3.8) is 0 Å². The quantitative estimate of drug-likeness (QED) is 0.274. The lowest BCUT2D eigenvalue weighted by Gasteiger charge is -1.92. The van der Waals surface area contributed by atoms with Crippen LogP contribution >= 0.6 is 0 Å². The van der Waals surface area contributed by atoms with Crippen LogP contribution in [0.3, 0.4) is 0 Å². The summed E-state index contributed by atoms with van der Waals surface area (Å²) in [5, 5.41) is 0. The minimum Gasteiger partial charge on any atom is -0.469 e. The maximum Gasteiger partial charge on any atom is 0.313 e. The van der Waals surface area contributed by atoms with Crippen LogP contribution in [0, 0.1) is 0 Å². The highest BCUT2D eigenvalue weighted by Crippen LogP contribution is 1.89. The van der Waals surface area contributed by atoms with Crippen molar-refractivity contribution in [2.75, 3.05) is 7.11 Å². The van der Waals surface area contributed by atoms with Crippen LogP contribution in [-0.2, 0) is 14.3 Å². The molecule has 0 aliphatic carbocycles. The van der Waals surface area contributed by atoms with E-state index in [2.05, 4.69) is 4.74 Å². The van der Waals surface area contributed by atoms with Gasteiger partial charge in [-0.15, -0.1) is 0 Å². The number of rotatable bonds is 4. The molecule has 0 amide bonds. The molecule has 0 bridgehead atoms. The standard InChI is InChI=1S/C9H12O3/c1-3-4-5-6-8(10)7-9(11)12-2/h3-6H,7H2,1-2H3. The van der Waals surface area contributed by atoms with Crippen molar-refractivity contribution in [3.8, 4) is 0 Å². The Hall–Kier alpha value is -1.38. The van der Waals surface area contributed by atoms with Gasteiger partial charge in [0.2, 0.25) is 0 Å². The van der Waals surface area contributed by atoms with Gasteiger partial charge in [-0.3, -0.25) is 9.59 Å². The van der Waals surface area contributed by atoms with Gasteiger partial charge >= 0.3 is 5.97 Å². The van der Waals surface area contributed by atoms with E-state index in [1.54, 1.807) is 18.2 Å². The number of esters is 1. The predicted octanol–water partition coefficient (Wildman–Crippen LogP) is 1.25. The summed E-state index contributed by atoms with van der Waals surface area (Å²) >= 11 is 0. The van der Waals surface area contributed by atoms with Crippen molar-refractivity contribution in [1.82, 2.24) is 0 Å². The van der Waals surface area contributed by atoms with Crippen molar-refractivity contribution in [2.45, 2.75) is 13.3 Å². The van der Waals surface area contributed by atoms with E-state index in [1.807, 2.05) is 6.92 Å². The normalized spacial score (nSPS) is 10.8. The van der Waals surface area contributed by atoms with Gasteiger partial charge in [-0.25, -0.2) is 0 Å². The number of ketones is 1. The van der Waals surface area contributed by atoms with Gasteiger partial charge in [-0.2, -0.15) is 0 Å². The van der Waals surface area contributed by atoms with E-state index in [9.17, 15) is 9.59 Å². The molecule has 66 valence electrons. The lowest BCUT2D eigenvalue weighted by atomic mass is 10.2. The third-order valence-electron chi connectivity index (χ3n) is 1.13. The third-order valence-corrected chi connectivity index (χ3v) is 1.13.